The number of fused-ring (bicyclic) bond motifs is 1. The second-order valence-electron chi connectivity index (χ2n) is 5.12. The van der Waals surface area contributed by atoms with E-state index in [4.69, 9.17) is 0 Å². The van der Waals surface area contributed by atoms with Crippen molar-refractivity contribution in [2.45, 2.75) is 20.4 Å². The minimum atomic E-state index is -0.297. The highest BCUT2D eigenvalue weighted by molar-refractivity contribution is 5.96. The molecule has 0 aliphatic heterocycles. The molecule has 116 valence electrons. The van der Waals surface area contributed by atoms with Gasteiger partial charge in [-0.15, -0.1) is 0 Å². The summed E-state index contributed by atoms with van der Waals surface area (Å²) in [7, 11) is 1.55. The van der Waals surface area contributed by atoms with E-state index in [1.165, 1.54) is 11.0 Å². The Morgan fingerprint density at radius 1 is 1.45 bits per heavy atom. The number of hydrogen-bond donors (Lipinski definition) is 1. The van der Waals surface area contributed by atoms with Gasteiger partial charge in [0.25, 0.3) is 0 Å². The van der Waals surface area contributed by atoms with Crippen molar-refractivity contribution in [1.29, 1.82) is 0 Å². The molecule has 1 aromatic carbocycles. The number of nitrogens with zero attached hydrogens (tertiary/aromatic N) is 3. The first-order chi connectivity index (χ1) is 10.5. The molecular weight excluding hydrogens is 280 g/mol. The first-order valence-corrected chi connectivity index (χ1v) is 7.10. The molecule has 22 heavy (non-hydrogen) atoms. The van der Waals surface area contributed by atoms with Crippen LogP contribution in [0.25, 0.3) is 11.0 Å². The van der Waals surface area contributed by atoms with Crippen molar-refractivity contribution in [3.05, 3.63) is 36.4 Å². The highest BCUT2D eigenvalue weighted by Gasteiger charge is 2.15. The van der Waals surface area contributed by atoms with Gasteiger partial charge in [0.15, 0.2) is 0 Å². The van der Waals surface area contributed by atoms with Gasteiger partial charge in [-0.1, -0.05) is 12.6 Å². The maximum atomic E-state index is 12.1. The third kappa shape index (κ3) is 3.16. The third-order valence-electron chi connectivity index (χ3n) is 3.40. The largest absolute Gasteiger partial charge is 0.333 e. The van der Waals surface area contributed by atoms with Gasteiger partial charge in [0.05, 0.1) is 17.6 Å². The summed E-state index contributed by atoms with van der Waals surface area (Å²) in [4.78, 5) is 29.2. The third-order valence-corrected chi connectivity index (χ3v) is 3.40. The number of likely N-dealkylation sites (N-methyl/N-ethyl adjacent to an activating group) is 1. The molecule has 1 aromatic heterocycles. The van der Waals surface area contributed by atoms with E-state index in [-0.39, 0.29) is 18.4 Å². The van der Waals surface area contributed by atoms with Crippen LogP contribution in [0.5, 0.6) is 0 Å². The molecule has 0 radical (unpaired) electrons. The lowest BCUT2D eigenvalue weighted by Gasteiger charge is -2.14. The lowest BCUT2D eigenvalue weighted by atomic mass is 10.2. The van der Waals surface area contributed by atoms with Crippen LogP contribution in [-0.2, 0) is 16.1 Å². The van der Waals surface area contributed by atoms with Gasteiger partial charge in [0.1, 0.15) is 0 Å². The summed E-state index contributed by atoms with van der Waals surface area (Å²) in [6, 6.07) is 5.98. The van der Waals surface area contributed by atoms with Crippen molar-refractivity contribution in [3.63, 3.8) is 0 Å². The van der Waals surface area contributed by atoms with E-state index >= 15 is 0 Å². The Kier molecular flexibility index (Phi) is 4.60. The van der Waals surface area contributed by atoms with Crippen molar-refractivity contribution < 1.29 is 9.59 Å². The van der Waals surface area contributed by atoms with Crippen LogP contribution >= 0.6 is 0 Å². The number of amides is 2. The molecule has 1 N–H and O–H groups in total. The average Bonchev–Trinajstić information content (AvgIpc) is 2.81. The number of nitrogens with one attached hydrogen (secondary N) is 1. The number of hydrogen-bond acceptors (Lipinski definition) is 3. The number of carbonyl (C=O) groups excluding carboxylic acids is 2. The summed E-state index contributed by atoms with van der Waals surface area (Å²) in [6.07, 6.45) is 1.18. The van der Waals surface area contributed by atoms with Crippen molar-refractivity contribution in [2.75, 3.05) is 18.9 Å². The second-order valence-corrected chi connectivity index (χ2v) is 5.12. The quantitative estimate of drug-likeness (QED) is 0.858. The lowest BCUT2D eigenvalue weighted by molar-refractivity contribution is -0.129. The minimum Gasteiger partial charge on any atom is -0.333 e. The van der Waals surface area contributed by atoms with Gasteiger partial charge in [-0.2, -0.15) is 0 Å². The molecule has 0 atom stereocenters. The van der Waals surface area contributed by atoms with Crippen LogP contribution < -0.4 is 5.32 Å². The Bertz CT molecular complexity index is 733. The van der Waals surface area contributed by atoms with Gasteiger partial charge in [0, 0.05) is 13.6 Å². The number of imidazole rings is 1. The molecule has 6 heteroatoms. The summed E-state index contributed by atoms with van der Waals surface area (Å²) in [5.74, 6) is -0.0956. The van der Waals surface area contributed by atoms with E-state index in [9.17, 15) is 9.59 Å². The number of anilines is 1. The molecule has 2 amide bonds. The van der Waals surface area contributed by atoms with E-state index in [2.05, 4.69) is 16.9 Å². The fourth-order valence-corrected chi connectivity index (χ4v) is 2.27. The SMILES string of the molecule is C=CC(=O)N(C)CC(=O)Nc1nc2cc(C)ccc2n1CC. The molecule has 0 unspecified atom stereocenters. The van der Waals surface area contributed by atoms with Crippen LogP contribution in [0.4, 0.5) is 5.95 Å². The van der Waals surface area contributed by atoms with Gasteiger partial charge in [-0.05, 0) is 37.6 Å². The van der Waals surface area contributed by atoms with Crippen LogP contribution in [0.15, 0.2) is 30.9 Å². The highest BCUT2D eigenvalue weighted by Crippen LogP contribution is 2.20. The highest BCUT2D eigenvalue weighted by atomic mass is 16.2. The number of rotatable bonds is 5. The van der Waals surface area contributed by atoms with E-state index in [0.29, 0.717) is 12.5 Å². The van der Waals surface area contributed by atoms with E-state index in [1.807, 2.05) is 36.6 Å². The molecular formula is C16H20N4O2. The maximum Gasteiger partial charge on any atom is 0.246 e. The van der Waals surface area contributed by atoms with Gasteiger partial charge < -0.3 is 9.47 Å². The Balaban J connectivity index is 2.22. The molecule has 0 bridgehead atoms. The Morgan fingerprint density at radius 2 is 2.18 bits per heavy atom. The van der Waals surface area contributed by atoms with Crippen LogP contribution in [0.3, 0.4) is 0 Å². The fourth-order valence-electron chi connectivity index (χ4n) is 2.27. The monoisotopic (exact) mass is 300 g/mol. The number of benzene rings is 1. The second kappa shape index (κ2) is 6.43. The molecule has 2 aromatic rings. The smallest absolute Gasteiger partial charge is 0.246 e. The van der Waals surface area contributed by atoms with Crippen LogP contribution in [0.2, 0.25) is 0 Å². The molecule has 0 aliphatic carbocycles. The Hall–Kier alpha value is -2.63. The van der Waals surface area contributed by atoms with Gasteiger partial charge in [-0.25, -0.2) is 4.98 Å². The molecule has 0 aliphatic rings. The van der Waals surface area contributed by atoms with E-state index in [0.717, 1.165) is 16.6 Å². The van der Waals surface area contributed by atoms with Crippen LogP contribution in [0, 0.1) is 6.92 Å². The Labute approximate surface area is 129 Å². The van der Waals surface area contributed by atoms with Gasteiger partial charge in [-0.3, -0.25) is 14.9 Å². The summed E-state index contributed by atoms with van der Waals surface area (Å²) in [5.41, 5.74) is 2.93. The summed E-state index contributed by atoms with van der Waals surface area (Å²) < 4.78 is 1.93. The van der Waals surface area contributed by atoms with Crippen molar-refractivity contribution in [1.82, 2.24) is 14.5 Å². The molecule has 0 spiro atoms. The Morgan fingerprint density at radius 3 is 2.82 bits per heavy atom. The summed E-state index contributed by atoms with van der Waals surface area (Å²) in [6.45, 7) is 8.03. The van der Waals surface area contributed by atoms with Crippen molar-refractivity contribution in [3.8, 4) is 0 Å². The fraction of sp³-hybridized carbons (Fsp3) is 0.312. The van der Waals surface area contributed by atoms with Crippen molar-refractivity contribution >= 4 is 28.8 Å². The number of aryl methyl sites for hydroxylation is 2. The zero-order chi connectivity index (χ0) is 16.3. The molecule has 1 heterocycles. The van der Waals surface area contributed by atoms with Gasteiger partial charge >= 0.3 is 0 Å². The minimum absolute atomic E-state index is 0.0448. The lowest BCUT2D eigenvalue weighted by Crippen LogP contribution is -2.34. The number of aromatic nitrogens is 2. The first kappa shape index (κ1) is 15.8. The first-order valence-electron chi connectivity index (χ1n) is 7.10. The van der Waals surface area contributed by atoms with Crippen LogP contribution in [0.1, 0.15) is 12.5 Å². The summed E-state index contributed by atoms with van der Waals surface area (Å²) in [5, 5.41) is 2.76. The zero-order valence-corrected chi connectivity index (χ0v) is 13.1. The zero-order valence-electron chi connectivity index (χ0n) is 13.1. The molecule has 2 rings (SSSR count). The van der Waals surface area contributed by atoms with Crippen LogP contribution in [-0.4, -0.2) is 39.9 Å². The predicted molar refractivity (Wildman–Crippen MR) is 86.6 cm³/mol. The normalized spacial score (nSPS) is 10.5. The predicted octanol–water partition coefficient (Wildman–Crippen LogP) is 1.95. The standard InChI is InChI=1S/C16H20N4O2/c1-5-15(22)19(4)10-14(21)18-16-17-12-9-11(3)7-8-13(12)20(16)6-2/h5,7-9H,1,6,10H2,2-4H3,(H,17,18,21). The topological polar surface area (TPSA) is 67.2 Å². The van der Waals surface area contributed by atoms with E-state index in [1.54, 1.807) is 7.05 Å². The van der Waals surface area contributed by atoms with Crippen molar-refractivity contribution in [2.24, 2.45) is 0 Å². The number of carbonyl (C=O) groups is 2. The summed E-state index contributed by atoms with van der Waals surface area (Å²) >= 11 is 0. The average molecular weight is 300 g/mol. The molecule has 6 nitrogen and oxygen atoms in total. The van der Waals surface area contributed by atoms with Gasteiger partial charge in [0.2, 0.25) is 17.8 Å². The molecule has 0 saturated carbocycles. The molecule has 0 saturated heterocycles. The molecule has 0 fully saturated rings. The van der Waals surface area contributed by atoms with E-state index < -0.39 is 0 Å². The maximum absolute atomic E-state index is 12.1.